The van der Waals surface area contributed by atoms with Gasteiger partial charge >= 0.3 is 6.18 Å². The Bertz CT molecular complexity index is 1880. The third-order valence-corrected chi connectivity index (χ3v) is 7.67. The number of halogens is 5. The Balaban J connectivity index is 1.39. The molecule has 0 radical (unpaired) electrons. The maximum absolute atomic E-state index is 12.9. The number of hydrogen-bond donors (Lipinski definition) is 2. The number of anilines is 1. The summed E-state index contributed by atoms with van der Waals surface area (Å²) in [5, 5.41) is 0.946. The van der Waals surface area contributed by atoms with Crippen molar-refractivity contribution in [1.82, 2.24) is 9.97 Å². The summed E-state index contributed by atoms with van der Waals surface area (Å²) < 4.78 is 64.2. The van der Waals surface area contributed by atoms with E-state index in [0.717, 1.165) is 40.8 Å². The van der Waals surface area contributed by atoms with Gasteiger partial charge in [0, 0.05) is 28.4 Å². The third kappa shape index (κ3) is 7.87. The van der Waals surface area contributed by atoms with Crippen LogP contribution in [0.3, 0.4) is 0 Å². The highest BCUT2D eigenvalue weighted by molar-refractivity contribution is 7.92. The van der Waals surface area contributed by atoms with Gasteiger partial charge in [0.2, 0.25) is 10.0 Å². The van der Waals surface area contributed by atoms with Gasteiger partial charge in [-0.3, -0.25) is 4.72 Å². The van der Waals surface area contributed by atoms with Crippen molar-refractivity contribution in [3.05, 3.63) is 129 Å². The van der Waals surface area contributed by atoms with Gasteiger partial charge in [0.1, 0.15) is 5.82 Å². The lowest BCUT2D eigenvalue weighted by Gasteiger charge is -2.08. The van der Waals surface area contributed by atoms with Crippen LogP contribution in [0.2, 0.25) is 10.0 Å². The molecule has 1 aromatic heterocycles. The topological polar surface area (TPSA) is 74.8 Å². The largest absolute Gasteiger partial charge is 0.416 e. The van der Waals surface area contributed by atoms with Crippen LogP contribution >= 0.6 is 23.2 Å². The number of aromatic nitrogens is 2. The number of H-pyrrole nitrogens is 1. The SMILES string of the molecule is CS(=O)(=O)Nc1ccc(Cc2[nH]c(C=Cc3ccc(-c4ccc(C(F)(F)F)cc4)cc3)nc2-c2ccc(Cl)cc2Cl)cc1. The van der Waals surface area contributed by atoms with E-state index >= 15 is 0 Å². The molecule has 0 unspecified atom stereocenters. The van der Waals surface area contributed by atoms with Gasteiger partial charge in [0.15, 0.2) is 0 Å². The zero-order valence-electron chi connectivity index (χ0n) is 22.6. The first kappa shape index (κ1) is 30.4. The quantitative estimate of drug-likeness (QED) is 0.177. The summed E-state index contributed by atoms with van der Waals surface area (Å²) in [6.07, 6.45) is 0.882. The zero-order valence-corrected chi connectivity index (χ0v) is 24.9. The number of rotatable bonds is 8. The summed E-state index contributed by atoms with van der Waals surface area (Å²) in [6.45, 7) is 0. The molecule has 5 rings (SSSR count). The highest BCUT2D eigenvalue weighted by Gasteiger charge is 2.30. The highest BCUT2D eigenvalue weighted by Crippen LogP contribution is 2.33. The fraction of sp³-hybridized carbons (Fsp3) is 0.0938. The minimum absolute atomic E-state index is 0.447. The van der Waals surface area contributed by atoms with Crippen molar-refractivity contribution in [2.24, 2.45) is 0 Å². The lowest BCUT2D eigenvalue weighted by Crippen LogP contribution is -2.09. The zero-order chi connectivity index (χ0) is 30.8. The third-order valence-electron chi connectivity index (χ3n) is 6.51. The second kappa shape index (κ2) is 12.3. The molecule has 0 aliphatic heterocycles. The number of benzene rings is 4. The van der Waals surface area contributed by atoms with Crippen LogP contribution in [-0.4, -0.2) is 24.6 Å². The molecule has 43 heavy (non-hydrogen) atoms. The Morgan fingerprint density at radius 1 is 0.860 bits per heavy atom. The standard InChI is InChI=1S/C32H24Cl2F3N3O2S/c1-43(41,42)40-26-14-4-21(5-15-26)18-29-31(27-16-13-25(33)19-28(27)34)39-30(38-29)17-6-20-2-7-22(8-3-20)23-9-11-24(12-10-23)32(35,36)37/h2-17,19,40H,18H2,1H3,(H,38,39). The summed E-state index contributed by atoms with van der Waals surface area (Å²) in [5.74, 6) is 0.582. The predicted octanol–water partition coefficient (Wildman–Crippen LogP) is 9.20. The maximum atomic E-state index is 12.9. The summed E-state index contributed by atoms with van der Waals surface area (Å²) >= 11 is 12.6. The molecule has 11 heteroatoms. The summed E-state index contributed by atoms with van der Waals surface area (Å²) in [7, 11) is -3.39. The molecule has 0 saturated heterocycles. The van der Waals surface area contributed by atoms with Gasteiger partial charge < -0.3 is 4.98 Å². The fourth-order valence-corrected chi connectivity index (χ4v) is 5.53. The molecule has 1 heterocycles. The van der Waals surface area contributed by atoms with E-state index in [9.17, 15) is 21.6 Å². The molecule has 5 aromatic rings. The summed E-state index contributed by atoms with van der Waals surface area (Å²) in [6, 6.07) is 24.7. The minimum Gasteiger partial charge on any atom is -0.342 e. The molecule has 0 bridgehead atoms. The van der Waals surface area contributed by atoms with Crippen molar-refractivity contribution in [3.8, 4) is 22.4 Å². The van der Waals surface area contributed by atoms with Crippen molar-refractivity contribution in [2.45, 2.75) is 12.6 Å². The molecule has 0 spiro atoms. The van der Waals surface area contributed by atoms with E-state index in [1.807, 2.05) is 48.6 Å². The first-order valence-electron chi connectivity index (χ1n) is 12.9. The lowest BCUT2D eigenvalue weighted by atomic mass is 10.0. The first-order valence-corrected chi connectivity index (χ1v) is 15.6. The molecule has 0 amide bonds. The van der Waals surface area contributed by atoms with Crippen LogP contribution in [-0.2, 0) is 22.6 Å². The van der Waals surface area contributed by atoms with E-state index in [4.69, 9.17) is 28.2 Å². The van der Waals surface area contributed by atoms with Gasteiger partial charge in [-0.15, -0.1) is 0 Å². The molecule has 2 N–H and O–H groups in total. The Labute approximate surface area is 257 Å². The smallest absolute Gasteiger partial charge is 0.342 e. The minimum atomic E-state index is -4.38. The molecular formula is C32H24Cl2F3N3O2S. The molecule has 5 nitrogen and oxygen atoms in total. The first-order chi connectivity index (χ1) is 20.3. The Morgan fingerprint density at radius 2 is 1.49 bits per heavy atom. The van der Waals surface area contributed by atoms with E-state index in [2.05, 4.69) is 9.71 Å². The van der Waals surface area contributed by atoms with Crippen molar-refractivity contribution < 1.29 is 21.6 Å². The summed E-state index contributed by atoms with van der Waals surface area (Å²) in [5.41, 5.74) is 5.19. The predicted molar refractivity (Wildman–Crippen MR) is 168 cm³/mol. The Hall–Kier alpha value is -4.05. The molecule has 4 aromatic carbocycles. The Kier molecular flexibility index (Phi) is 8.69. The lowest BCUT2D eigenvalue weighted by molar-refractivity contribution is -0.137. The number of hydrogen-bond acceptors (Lipinski definition) is 3. The number of nitrogens with zero attached hydrogens (tertiary/aromatic N) is 1. The number of imidazole rings is 1. The second-order valence-corrected chi connectivity index (χ2v) is 12.4. The molecule has 0 saturated carbocycles. The van der Waals surface area contributed by atoms with E-state index in [-0.39, 0.29) is 0 Å². The molecule has 0 aliphatic carbocycles. The average molecular weight is 643 g/mol. The Morgan fingerprint density at radius 3 is 2.07 bits per heavy atom. The molecule has 0 fully saturated rings. The second-order valence-electron chi connectivity index (χ2n) is 9.85. The van der Waals surface area contributed by atoms with Crippen LogP contribution < -0.4 is 4.72 Å². The average Bonchev–Trinajstić information content (AvgIpc) is 3.34. The van der Waals surface area contributed by atoms with Gasteiger partial charge in [-0.2, -0.15) is 13.2 Å². The molecule has 220 valence electrons. The van der Waals surface area contributed by atoms with Gasteiger partial charge in [-0.05, 0) is 70.8 Å². The van der Waals surface area contributed by atoms with Crippen molar-refractivity contribution >= 4 is 51.1 Å². The monoisotopic (exact) mass is 641 g/mol. The van der Waals surface area contributed by atoms with E-state index < -0.39 is 21.8 Å². The molecule has 0 atom stereocenters. The number of aromatic amines is 1. The van der Waals surface area contributed by atoms with Gasteiger partial charge in [0.05, 0.1) is 22.5 Å². The van der Waals surface area contributed by atoms with Gasteiger partial charge in [-0.25, -0.2) is 13.4 Å². The van der Waals surface area contributed by atoms with Crippen molar-refractivity contribution in [3.63, 3.8) is 0 Å². The highest BCUT2D eigenvalue weighted by atomic mass is 35.5. The van der Waals surface area contributed by atoms with Crippen molar-refractivity contribution in [1.29, 1.82) is 0 Å². The maximum Gasteiger partial charge on any atom is 0.416 e. The van der Waals surface area contributed by atoms with Crippen LogP contribution in [0.25, 0.3) is 34.5 Å². The van der Waals surface area contributed by atoms with Crippen LogP contribution in [0.4, 0.5) is 18.9 Å². The molecule has 0 aliphatic rings. The number of sulfonamides is 1. The number of nitrogens with one attached hydrogen (secondary N) is 2. The van der Waals surface area contributed by atoms with Crippen molar-refractivity contribution in [2.75, 3.05) is 11.0 Å². The van der Waals surface area contributed by atoms with Crippen LogP contribution in [0.5, 0.6) is 0 Å². The van der Waals surface area contributed by atoms with E-state index in [1.54, 1.807) is 30.3 Å². The van der Waals surface area contributed by atoms with Gasteiger partial charge in [-0.1, -0.05) is 77.8 Å². The molecular weight excluding hydrogens is 618 g/mol. The van der Waals surface area contributed by atoms with E-state index in [0.29, 0.717) is 44.8 Å². The fourth-order valence-electron chi connectivity index (χ4n) is 4.46. The normalized spacial score (nSPS) is 12.1. The van der Waals surface area contributed by atoms with Crippen LogP contribution in [0, 0.1) is 0 Å². The van der Waals surface area contributed by atoms with Gasteiger partial charge in [0.25, 0.3) is 0 Å². The number of alkyl halides is 3. The van der Waals surface area contributed by atoms with Crippen LogP contribution in [0.15, 0.2) is 91.0 Å². The van der Waals surface area contributed by atoms with E-state index in [1.165, 1.54) is 12.1 Å². The van der Waals surface area contributed by atoms with Crippen LogP contribution in [0.1, 0.15) is 28.2 Å². The summed E-state index contributed by atoms with van der Waals surface area (Å²) in [4.78, 5) is 8.14.